The number of hydroxylamine groups is 2. The largest absolute Gasteiger partial charge is 0.448 e. The average molecular weight is 638 g/mol. The Morgan fingerprint density at radius 1 is 1.09 bits per heavy atom. The van der Waals surface area contributed by atoms with Crippen LogP contribution >= 0.6 is 11.6 Å². The first-order chi connectivity index (χ1) is 21.0. The molecule has 0 aromatic heterocycles. The third-order valence-electron chi connectivity index (χ3n) is 7.19. The van der Waals surface area contributed by atoms with E-state index >= 15 is 0 Å². The van der Waals surface area contributed by atoms with Crippen LogP contribution in [0.2, 0.25) is 5.02 Å². The number of amides is 5. The quantitative estimate of drug-likeness (QED) is 0.217. The normalized spacial score (nSPS) is 14.2. The predicted molar refractivity (Wildman–Crippen MR) is 164 cm³/mol. The van der Waals surface area contributed by atoms with Gasteiger partial charge in [0, 0.05) is 32.1 Å². The van der Waals surface area contributed by atoms with Gasteiger partial charge in [0.15, 0.2) is 0 Å². The van der Waals surface area contributed by atoms with Crippen LogP contribution in [0.3, 0.4) is 0 Å². The Balaban J connectivity index is 2.12. The summed E-state index contributed by atoms with van der Waals surface area (Å²) in [7, 11) is 4.23. The van der Waals surface area contributed by atoms with Crippen LogP contribution in [0.5, 0.6) is 0 Å². The van der Waals surface area contributed by atoms with Crippen LogP contribution in [0, 0.1) is 5.92 Å². The highest BCUT2D eigenvalue weighted by Crippen LogP contribution is 2.27. The Bertz CT molecular complexity index is 1160. The lowest BCUT2D eigenvalue weighted by Gasteiger charge is -2.25. The number of carbonyl (C=O) groups excluding carboxylic acids is 5. The number of nitrogens with zero attached hydrogens (tertiary/aromatic N) is 3. The molecule has 0 aliphatic heterocycles. The lowest BCUT2D eigenvalue weighted by molar-refractivity contribution is -0.171. The Labute approximate surface area is 263 Å². The first kappa shape index (κ1) is 36.5. The standard InChI is InChI=1S/C30H44ClN5O8/c1-5-32-29(40)43-17-16-35(2)26(37)15-14-24(28(39)36(3)42-4)33-27(38)25(19-21-10-7-6-8-11-21)34-30(41)44-20-22-12-9-13-23(31)18-22/h9,12-13,18,21,24H,5-8,10-11,14-17,19-20H2,1-4H3,(H,32,40)(H,33,38)/b34-25+/t24-/m0/s1. The summed E-state index contributed by atoms with van der Waals surface area (Å²) in [5, 5.41) is 6.61. The van der Waals surface area contributed by atoms with Crippen LogP contribution in [0.25, 0.3) is 0 Å². The summed E-state index contributed by atoms with van der Waals surface area (Å²) < 4.78 is 10.3. The number of hydrogen-bond acceptors (Lipinski definition) is 8. The van der Waals surface area contributed by atoms with Crippen LogP contribution in [-0.2, 0) is 35.3 Å². The summed E-state index contributed by atoms with van der Waals surface area (Å²) in [6, 6.07) is 5.69. The fourth-order valence-corrected chi connectivity index (χ4v) is 4.84. The first-order valence-corrected chi connectivity index (χ1v) is 15.2. The fraction of sp³-hybridized carbons (Fsp3) is 0.600. The number of halogens is 1. The number of hydrogen-bond donors (Lipinski definition) is 2. The molecule has 1 aromatic rings. The van der Waals surface area contributed by atoms with Crippen LogP contribution in [0.15, 0.2) is 29.3 Å². The minimum absolute atomic E-state index is 0.00597. The Morgan fingerprint density at radius 2 is 1.82 bits per heavy atom. The van der Waals surface area contributed by atoms with E-state index in [1.54, 1.807) is 38.2 Å². The maximum atomic E-state index is 13.5. The molecule has 5 amide bonds. The molecule has 1 aliphatic rings. The van der Waals surface area contributed by atoms with Gasteiger partial charge in [-0.1, -0.05) is 55.8 Å². The molecule has 0 spiro atoms. The van der Waals surface area contributed by atoms with Crippen LogP contribution in [0.1, 0.15) is 63.9 Å². The molecule has 1 fully saturated rings. The Morgan fingerprint density at radius 3 is 2.48 bits per heavy atom. The van der Waals surface area contributed by atoms with Gasteiger partial charge in [0.25, 0.3) is 11.8 Å². The summed E-state index contributed by atoms with van der Waals surface area (Å²) in [5.41, 5.74) is 0.620. The number of alkyl carbamates (subject to hydrolysis) is 1. The molecule has 1 aliphatic carbocycles. The highest BCUT2D eigenvalue weighted by atomic mass is 35.5. The van der Waals surface area contributed by atoms with Crippen molar-refractivity contribution in [3.63, 3.8) is 0 Å². The molecule has 44 heavy (non-hydrogen) atoms. The van der Waals surface area contributed by atoms with Gasteiger partial charge in [-0.15, -0.1) is 0 Å². The lowest BCUT2D eigenvalue weighted by Crippen LogP contribution is -2.49. The van der Waals surface area contributed by atoms with Crippen LogP contribution in [-0.4, -0.2) is 92.5 Å². The van der Waals surface area contributed by atoms with Crippen molar-refractivity contribution in [2.45, 2.75) is 70.9 Å². The zero-order valence-corrected chi connectivity index (χ0v) is 26.7. The van der Waals surface area contributed by atoms with E-state index in [2.05, 4.69) is 15.6 Å². The summed E-state index contributed by atoms with van der Waals surface area (Å²) in [6.45, 7) is 2.24. The number of nitrogens with one attached hydrogen (secondary N) is 2. The monoisotopic (exact) mass is 637 g/mol. The highest BCUT2D eigenvalue weighted by Gasteiger charge is 2.29. The second kappa shape index (κ2) is 19.5. The van der Waals surface area contributed by atoms with E-state index in [4.69, 9.17) is 25.9 Å². The molecular weight excluding hydrogens is 594 g/mol. The fourth-order valence-electron chi connectivity index (χ4n) is 4.63. The van der Waals surface area contributed by atoms with E-state index in [0.29, 0.717) is 17.1 Å². The molecule has 13 nitrogen and oxygen atoms in total. The highest BCUT2D eigenvalue weighted by molar-refractivity contribution is 6.40. The SMILES string of the molecule is CCNC(=O)OCCN(C)C(=O)CC[C@H](NC(=O)/C(CC1CCCCC1)=N/C(=O)OCc1cccc(Cl)c1)C(=O)N(C)OC. The van der Waals surface area contributed by atoms with Crippen LogP contribution < -0.4 is 10.6 Å². The molecule has 2 N–H and O–H groups in total. The zero-order valence-electron chi connectivity index (χ0n) is 25.9. The van der Waals surface area contributed by atoms with Crippen molar-refractivity contribution in [1.82, 2.24) is 20.6 Å². The van der Waals surface area contributed by atoms with Crippen molar-refractivity contribution in [2.24, 2.45) is 10.9 Å². The number of carbonyl (C=O) groups is 5. The Kier molecular flexibility index (Phi) is 16.2. The molecule has 0 bridgehead atoms. The van der Waals surface area contributed by atoms with Crippen molar-refractivity contribution in [1.29, 1.82) is 0 Å². The maximum absolute atomic E-state index is 13.5. The molecular formula is C30H44ClN5O8. The third kappa shape index (κ3) is 13.3. The summed E-state index contributed by atoms with van der Waals surface area (Å²) in [4.78, 5) is 73.9. The molecule has 2 rings (SSSR count). The van der Waals surface area contributed by atoms with Crippen molar-refractivity contribution in [3.05, 3.63) is 34.9 Å². The van der Waals surface area contributed by atoms with E-state index in [1.165, 1.54) is 19.1 Å². The topological polar surface area (TPSA) is 156 Å². The van der Waals surface area contributed by atoms with Crippen molar-refractivity contribution >= 4 is 47.2 Å². The van der Waals surface area contributed by atoms with Gasteiger partial charge in [0.2, 0.25) is 5.91 Å². The molecule has 0 radical (unpaired) electrons. The number of aliphatic imine (C=N–C) groups is 1. The molecule has 1 saturated carbocycles. The predicted octanol–water partition coefficient (Wildman–Crippen LogP) is 3.88. The van der Waals surface area contributed by atoms with Gasteiger partial charge >= 0.3 is 12.2 Å². The zero-order chi connectivity index (χ0) is 32.5. The van der Waals surface area contributed by atoms with Crippen molar-refractivity contribution in [2.75, 3.05) is 40.9 Å². The number of rotatable bonds is 15. The van der Waals surface area contributed by atoms with E-state index in [1.807, 2.05) is 0 Å². The Hall–Kier alpha value is -3.71. The second-order valence-corrected chi connectivity index (χ2v) is 11.0. The van der Waals surface area contributed by atoms with Gasteiger partial charge in [-0.2, -0.15) is 4.99 Å². The second-order valence-electron chi connectivity index (χ2n) is 10.5. The molecule has 0 unspecified atom stereocenters. The smallest absolute Gasteiger partial charge is 0.434 e. The molecule has 0 saturated heterocycles. The van der Waals surface area contributed by atoms with Gasteiger partial charge in [-0.05, 0) is 43.4 Å². The minimum atomic E-state index is -1.14. The number of ether oxygens (including phenoxy) is 2. The molecule has 0 heterocycles. The summed E-state index contributed by atoms with van der Waals surface area (Å²) in [6.07, 6.45) is 3.51. The molecule has 1 aromatic carbocycles. The molecule has 244 valence electrons. The minimum Gasteiger partial charge on any atom is -0.448 e. The van der Waals surface area contributed by atoms with Crippen molar-refractivity contribution < 1.29 is 38.3 Å². The molecule has 1 atom stereocenters. The summed E-state index contributed by atoms with van der Waals surface area (Å²) in [5.74, 6) is -1.45. The average Bonchev–Trinajstić information content (AvgIpc) is 3.01. The first-order valence-electron chi connectivity index (χ1n) is 14.8. The van der Waals surface area contributed by atoms with E-state index in [0.717, 1.165) is 37.2 Å². The van der Waals surface area contributed by atoms with E-state index in [-0.39, 0.29) is 56.6 Å². The van der Waals surface area contributed by atoms with E-state index < -0.39 is 30.0 Å². The van der Waals surface area contributed by atoms with Gasteiger partial charge in [0.1, 0.15) is 25.0 Å². The number of benzene rings is 1. The van der Waals surface area contributed by atoms with Gasteiger partial charge in [-0.3, -0.25) is 19.2 Å². The summed E-state index contributed by atoms with van der Waals surface area (Å²) >= 11 is 6.00. The number of likely N-dealkylation sites (N-methyl/N-ethyl adjacent to an activating group) is 2. The van der Waals surface area contributed by atoms with Crippen molar-refractivity contribution in [3.8, 4) is 0 Å². The molecule has 14 heteroatoms. The van der Waals surface area contributed by atoms with Gasteiger partial charge < -0.3 is 25.0 Å². The van der Waals surface area contributed by atoms with Crippen LogP contribution in [0.4, 0.5) is 9.59 Å². The van der Waals surface area contributed by atoms with E-state index in [9.17, 15) is 24.0 Å². The van der Waals surface area contributed by atoms with Gasteiger partial charge in [-0.25, -0.2) is 14.7 Å². The van der Waals surface area contributed by atoms with Gasteiger partial charge in [0.05, 0.1) is 13.7 Å². The lowest BCUT2D eigenvalue weighted by atomic mass is 9.85. The third-order valence-corrected chi connectivity index (χ3v) is 7.42. The maximum Gasteiger partial charge on any atom is 0.434 e.